The van der Waals surface area contributed by atoms with Crippen LogP contribution in [0.3, 0.4) is 0 Å². The zero-order chi connectivity index (χ0) is 40.6. The maximum Gasteiger partial charge on any atom is 0.0618 e. The summed E-state index contributed by atoms with van der Waals surface area (Å²) in [6.45, 7) is 9.46. The van der Waals surface area contributed by atoms with E-state index in [2.05, 4.69) is 244 Å². The lowest BCUT2D eigenvalue weighted by Crippen LogP contribution is -2.31. The van der Waals surface area contributed by atoms with Crippen molar-refractivity contribution in [2.24, 2.45) is 0 Å². The standard InChI is InChI=1S/C58H46N2/c1-57(2)50-27-14-13-26-48(50)49-34-32-45(38-53(49)57)59(43-22-9-6-10-23-43)44-24-17-21-41(36-44)42-31-35-52-55(37-42)60(54-29-16-15-28-51(54)58(52,3)4)56-46-25-12-11-20-40(46)30-33-47(56)39-18-7-5-8-19-39/h5-38H,1-4H3. The van der Waals surface area contributed by atoms with Crippen LogP contribution in [0.15, 0.2) is 206 Å². The Balaban J connectivity index is 1.09. The summed E-state index contributed by atoms with van der Waals surface area (Å²) < 4.78 is 0. The van der Waals surface area contributed by atoms with Crippen molar-refractivity contribution >= 4 is 44.9 Å². The van der Waals surface area contributed by atoms with Gasteiger partial charge in [0.25, 0.3) is 0 Å². The van der Waals surface area contributed by atoms with Gasteiger partial charge in [0.2, 0.25) is 0 Å². The minimum Gasteiger partial charge on any atom is -0.310 e. The van der Waals surface area contributed by atoms with Crippen molar-refractivity contribution in [3.05, 3.63) is 229 Å². The fourth-order valence-electron chi connectivity index (χ4n) is 10.2. The third-order valence-electron chi connectivity index (χ3n) is 13.2. The second-order valence-electron chi connectivity index (χ2n) is 17.4. The summed E-state index contributed by atoms with van der Waals surface area (Å²) in [5.74, 6) is 0. The summed E-state index contributed by atoms with van der Waals surface area (Å²) in [7, 11) is 0. The predicted octanol–water partition coefficient (Wildman–Crippen LogP) is 16.1. The maximum absolute atomic E-state index is 2.55. The van der Waals surface area contributed by atoms with Crippen LogP contribution in [-0.2, 0) is 10.8 Å². The molecule has 0 radical (unpaired) electrons. The first-order valence-electron chi connectivity index (χ1n) is 21.1. The van der Waals surface area contributed by atoms with Crippen LogP contribution >= 0.6 is 0 Å². The number of hydrogen-bond acceptors (Lipinski definition) is 2. The maximum atomic E-state index is 2.55. The molecule has 0 saturated heterocycles. The van der Waals surface area contributed by atoms with Gasteiger partial charge in [0.1, 0.15) is 0 Å². The van der Waals surface area contributed by atoms with Crippen LogP contribution in [0.5, 0.6) is 0 Å². The number of fused-ring (bicyclic) bond motifs is 6. The summed E-state index contributed by atoms with van der Waals surface area (Å²) in [6, 6.07) is 76.1. The van der Waals surface area contributed by atoms with Crippen LogP contribution in [0, 0.1) is 0 Å². The molecule has 0 saturated carbocycles. The SMILES string of the molecule is CC1(C)c2ccccc2-c2ccc(N(c3ccccc3)c3cccc(-c4ccc5c(c4)N(c4c(-c6ccccc6)ccc6ccccc46)c4ccccc4C5(C)C)c3)cc21. The molecule has 0 atom stereocenters. The van der Waals surface area contributed by atoms with E-state index in [4.69, 9.17) is 0 Å². The van der Waals surface area contributed by atoms with Gasteiger partial charge in [-0.25, -0.2) is 0 Å². The highest BCUT2D eigenvalue weighted by Crippen LogP contribution is 2.56. The van der Waals surface area contributed by atoms with Gasteiger partial charge in [-0.2, -0.15) is 0 Å². The van der Waals surface area contributed by atoms with Gasteiger partial charge >= 0.3 is 0 Å². The third-order valence-corrected chi connectivity index (χ3v) is 13.2. The first kappa shape index (κ1) is 36.0. The fourth-order valence-corrected chi connectivity index (χ4v) is 10.2. The molecule has 60 heavy (non-hydrogen) atoms. The van der Waals surface area contributed by atoms with Gasteiger partial charge in [-0.3, -0.25) is 0 Å². The Labute approximate surface area is 353 Å². The lowest BCUT2D eigenvalue weighted by Gasteiger charge is -2.43. The highest BCUT2D eigenvalue weighted by molar-refractivity contribution is 6.07. The third kappa shape index (κ3) is 5.55. The van der Waals surface area contributed by atoms with E-state index < -0.39 is 0 Å². The molecule has 1 aliphatic heterocycles. The minimum absolute atomic E-state index is 0.0992. The molecule has 1 heterocycles. The van der Waals surface area contributed by atoms with Gasteiger partial charge in [0.05, 0.1) is 17.1 Å². The van der Waals surface area contributed by atoms with Gasteiger partial charge in [0, 0.05) is 38.8 Å². The lowest BCUT2D eigenvalue weighted by molar-refractivity contribution is 0.632. The monoisotopic (exact) mass is 770 g/mol. The Hall–Kier alpha value is -7.16. The van der Waals surface area contributed by atoms with Crippen molar-refractivity contribution in [1.29, 1.82) is 0 Å². The molecular weight excluding hydrogens is 725 g/mol. The van der Waals surface area contributed by atoms with Crippen LogP contribution in [-0.4, -0.2) is 0 Å². The fraction of sp³-hybridized carbons (Fsp3) is 0.103. The van der Waals surface area contributed by atoms with Crippen LogP contribution in [0.4, 0.5) is 34.1 Å². The van der Waals surface area contributed by atoms with E-state index in [1.807, 2.05) is 0 Å². The van der Waals surface area contributed by atoms with E-state index in [-0.39, 0.29) is 10.8 Å². The zero-order valence-corrected chi connectivity index (χ0v) is 34.5. The van der Waals surface area contributed by atoms with Gasteiger partial charge in [-0.1, -0.05) is 185 Å². The number of rotatable bonds is 6. The minimum atomic E-state index is -0.217. The predicted molar refractivity (Wildman–Crippen MR) is 254 cm³/mol. The van der Waals surface area contributed by atoms with Gasteiger partial charge < -0.3 is 9.80 Å². The van der Waals surface area contributed by atoms with Crippen molar-refractivity contribution in [3.8, 4) is 33.4 Å². The normalized spacial score (nSPS) is 14.2. The summed E-state index contributed by atoms with van der Waals surface area (Å²) >= 11 is 0. The molecule has 9 aromatic rings. The van der Waals surface area contributed by atoms with E-state index in [1.54, 1.807) is 0 Å². The molecule has 0 spiro atoms. The first-order chi connectivity index (χ1) is 29.3. The quantitative estimate of drug-likeness (QED) is 0.166. The molecular formula is C58H46N2. The Kier molecular flexibility index (Phi) is 8.22. The molecule has 2 nitrogen and oxygen atoms in total. The Morgan fingerprint density at radius 1 is 0.350 bits per heavy atom. The molecule has 2 heteroatoms. The lowest BCUT2D eigenvalue weighted by atomic mass is 9.73. The smallest absolute Gasteiger partial charge is 0.0618 e. The van der Waals surface area contributed by atoms with Crippen molar-refractivity contribution in [2.75, 3.05) is 9.80 Å². The molecule has 1 aliphatic carbocycles. The molecule has 9 aromatic carbocycles. The average molecular weight is 771 g/mol. The average Bonchev–Trinajstić information content (AvgIpc) is 3.52. The van der Waals surface area contributed by atoms with E-state index >= 15 is 0 Å². The summed E-state index contributed by atoms with van der Waals surface area (Å²) in [6.07, 6.45) is 0. The Morgan fingerprint density at radius 2 is 0.933 bits per heavy atom. The molecule has 0 unspecified atom stereocenters. The van der Waals surface area contributed by atoms with Crippen LogP contribution in [0.1, 0.15) is 49.9 Å². The van der Waals surface area contributed by atoms with Crippen molar-refractivity contribution in [3.63, 3.8) is 0 Å². The highest BCUT2D eigenvalue weighted by atomic mass is 15.2. The zero-order valence-electron chi connectivity index (χ0n) is 34.5. The van der Waals surface area contributed by atoms with Gasteiger partial charge in [-0.05, 0) is 104 Å². The largest absolute Gasteiger partial charge is 0.310 e. The molecule has 0 bridgehead atoms. The van der Waals surface area contributed by atoms with Gasteiger partial charge in [-0.15, -0.1) is 0 Å². The topological polar surface area (TPSA) is 6.48 Å². The van der Waals surface area contributed by atoms with Crippen molar-refractivity contribution in [2.45, 2.75) is 38.5 Å². The number of benzene rings is 9. The Morgan fingerprint density at radius 3 is 1.77 bits per heavy atom. The first-order valence-corrected chi connectivity index (χ1v) is 21.1. The highest BCUT2D eigenvalue weighted by Gasteiger charge is 2.39. The van der Waals surface area contributed by atoms with E-state index in [0.717, 1.165) is 17.1 Å². The van der Waals surface area contributed by atoms with E-state index in [9.17, 15) is 0 Å². The molecule has 0 fully saturated rings. The number of nitrogens with zero attached hydrogens (tertiary/aromatic N) is 2. The molecule has 0 N–H and O–H groups in total. The molecule has 2 aliphatic rings. The second kappa shape index (κ2) is 13.7. The van der Waals surface area contributed by atoms with E-state index in [0.29, 0.717) is 0 Å². The number of anilines is 6. The summed E-state index contributed by atoms with van der Waals surface area (Å²) in [5, 5.41) is 2.45. The van der Waals surface area contributed by atoms with Crippen molar-refractivity contribution < 1.29 is 0 Å². The summed E-state index contributed by atoms with van der Waals surface area (Å²) in [5.41, 5.74) is 19.5. The molecule has 11 rings (SSSR count). The van der Waals surface area contributed by atoms with Crippen LogP contribution < -0.4 is 9.80 Å². The number of para-hydroxylation sites is 2. The number of hydrogen-bond donors (Lipinski definition) is 0. The van der Waals surface area contributed by atoms with Crippen LogP contribution in [0.2, 0.25) is 0 Å². The van der Waals surface area contributed by atoms with Gasteiger partial charge in [0.15, 0.2) is 0 Å². The molecule has 0 amide bonds. The summed E-state index contributed by atoms with van der Waals surface area (Å²) in [4.78, 5) is 4.96. The van der Waals surface area contributed by atoms with E-state index in [1.165, 1.54) is 83.5 Å². The van der Waals surface area contributed by atoms with Crippen molar-refractivity contribution in [1.82, 2.24) is 0 Å². The second-order valence-corrected chi connectivity index (χ2v) is 17.4. The molecule has 0 aromatic heterocycles. The molecule has 288 valence electrons. The Bertz CT molecular complexity index is 3100. The van der Waals surface area contributed by atoms with Crippen LogP contribution in [0.25, 0.3) is 44.2 Å².